The van der Waals surface area contributed by atoms with Crippen molar-refractivity contribution >= 4 is 12.2 Å². The topological polar surface area (TPSA) is 36.9 Å². The van der Waals surface area contributed by atoms with E-state index in [4.69, 9.17) is 12.2 Å². The zero-order valence-electron chi connectivity index (χ0n) is 14.3. The van der Waals surface area contributed by atoms with Crippen LogP contribution in [0.3, 0.4) is 0 Å². The monoisotopic (exact) mass is 390 g/mol. The van der Waals surface area contributed by atoms with Crippen LogP contribution >= 0.6 is 12.2 Å². The lowest BCUT2D eigenvalue weighted by molar-refractivity contribution is -0.137. The molecule has 0 spiro atoms. The van der Waals surface area contributed by atoms with Crippen LogP contribution in [0.4, 0.5) is 13.2 Å². The second-order valence-corrected chi connectivity index (χ2v) is 6.96. The van der Waals surface area contributed by atoms with Crippen LogP contribution in [0.25, 0.3) is 5.69 Å². The van der Waals surface area contributed by atoms with Gasteiger partial charge in [-0.1, -0.05) is 6.07 Å². The highest BCUT2D eigenvalue weighted by Crippen LogP contribution is 2.31. The zero-order chi connectivity index (χ0) is 19.0. The highest BCUT2D eigenvalue weighted by Gasteiger charge is 2.30. The molecule has 0 amide bonds. The maximum absolute atomic E-state index is 13.0. The van der Waals surface area contributed by atoms with Crippen molar-refractivity contribution in [2.45, 2.75) is 25.7 Å². The van der Waals surface area contributed by atoms with Crippen LogP contribution in [0, 0.1) is 4.77 Å². The molecule has 4 rings (SSSR count). The van der Waals surface area contributed by atoms with Gasteiger partial charge in [0.1, 0.15) is 0 Å². The van der Waals surface area contributed by atoms with Gasteiger partial charge in [0.25, 0.3) is 0 Å². The normalized spacial score (nSPS) is 14.9. The summed E-state index contributed by atoms with van der Waals surface area (Å²) >= 11 is 5.06. The van der Waals surface area contributed by atoms with Gasteiger partial charge in [-0.25, -0.2) is 4.98 Å². The van der Waals surface area contributed by atoms with E-state index in [2.05, 4.69) is 14.9 Å². The van der Waals surface area contributed by atoms with Crippen molar-refractivity contribution in [2.24, 2.45) is 0 Å². The maximum Gasteiger partial charge on any atom is 0.416 e. The van der Waals surface area contributed by atoms with Crippen LogP contribution in [-0.2, 0) is 25.7 Å². The van der Waals surface area contributed by atoms with Gasteiger partial charge in [-0.05, 0) is 42.5 Å². The molecule has 140 valence electrons. The summed E-state index contributed by atoms with van der Waals surface area (Å²) in [5.74, 6) is 0. The van der Waals surface area contributed by atoms with Crippen LogP contribution in [0.15, 0.2) is 48.8 Å². The van der Waals surface area contributed by atoms with E-state index >= 15 is 0 Å². The minimum atomic E-state index is -4.35. The van der Waals surface area contributed by atoms with Crippen LogP contribution < -0.4 is 0 Å². The molecule has 0 bridgehead atoms. The quantitative estimate of drug-likeness (QED) is 0.669. The van der Waals surface area contributed by atoms with Gasteiger partial charge < -0.3 is 9.55 Å². The molecule has 0 fully saturated rings. The van der Waals surface area contributed by atoms with Gasteiger partial charge in [-0.2, -0.15) is 13.2 Å². The second-order valence-electron chi connectivity index (χ2n) is 6.57. The average Bonchev–Trinajstić information content (AvgIpc) is 3.09. The number of hydrogen-bond acceptors (Lipinski definition) is 3. The number of alkyl halides is 3. The van der Waals surface area contributed by atoms with Crippen molar-refractivity contribution in [3.05, 3.63) is 76.1 Å². The minimum absolute atomic E-state index is 0.487. The number of rotatable bonds is 3. The predicted molar refractivity (Wildman–Crippen MR) is 98.0 cm³/mol. The molecule has 0 unspecified atom stereocenters. The molecular weight excluding hydrogens is 373 g/mol. The zero-order valence-corrected chi connectivity index (χ0v) is 15.1. The van der Waals surface area contributed by atoms with Gasteiger partial charge >= 0.3 is 6.18 Å². The Balaban J connectivity index is 1.57. The number of fused-ring (bicyclic) bond motifs is 1. The van der Waals surface area contributed by atoms with Gasteiger partial charge in [0.15, 0.2) is 4.77 Å². The molecule has 1 aliphatic heterocycles. The number of nitrogens with one attached hydrogen (secondary N) is 1. The fourth-order valence-corrected chi connectivity index (χ4v) is 3.57. The SMILES string of the molecule is FC(F)(F)c1cccc(-n2cccc2CN2CCc3[nH]c(=S)ncc3C2)c1. The maximum atomic E-state index is 13.0. The first-order valence-electron chi connectivity index (χ1n) is 8.53. The second kappa shape index (κ2) is 6.94. The van der Waals surface area contributed by atoms with E-state index in [0.717, 1.165) is 42.5 Å². The highest BCUT2D eigenvalue weighted by atomic mass is 32.1. The first kappa shape index (κ1) is 17.9. The lowest BCUT2D eigenvalue weighted by Gasteiger charge is -2.28. The number of nitrogens with zero attached hydrogens (tertiary/aromatic N) is 3. The first-order valence-corrected chi connectivity index (χ1v) is 8.94. The summed E-state index contributed by atoms with van der Waals surface area (Å²) in [6.07, 6.45) is 0.0758. The molecule has 2 aromatic heterocycles. The molecule has 0 aliphatic carbocycles. The summed E-state index contributed by atoms with van der Waals surface area (Å²) in [6, 6.07) is 9.18. The Bertz CT molecular complexity index is 1020. The van der Waals surface area contributed by atoms with Crippen LogP contribution in [0.2, 0.25) is 0 Å². The number of aromatic nitrogens is 3. The molecule has 27 heavy (non-hydrogen) atoms. The summed E-state index contributed by atoms with van der Waals surface area (Å²) in [5, 5.41) is 0. The Kier molecular flexibility index (Phi) is 4.61. The van der Waals surface area contributed by atoms with Gasteiger partial charge in [-0.3, -0.25) is 4.90 Å². The largest absolute Gasteiger partial charge is 0.416 e. The molecule has 4 nitrogen and oxygen atoms in total. The highest BCUT2D eigenvalue weighted by molar-refractivity contribution is 7.71. The first-order chi connectivity index (χ1) is 12.9. The van der Waals surface area contributed by atoms with Crippen molar-refractivity contribution in [3.63, 3.8) is 0 Å². The number of halogens is 3. The Labute approximate surface area is 159 Å². The fourth-order valence-electron chi connectivity index (χ4n) is 3.40. The van der Waals surface area contributed by atoms with Gasteiger partial charge in [0.2, 0.25) is 0 Å². The van der Waals surface area contributed by atoms with Crippen LogP contribution in [0.1, 0.15) is 22.5 Å². The number of H-pyrrole nitrogens is 1. The van der Waals surface area contributed by atoms with Crippen molar-refractivity contribution < 1.29 is 13.2 Å². The Hall–Kier alpha value is -2.45. The van der Waals surface area contributed by atoms with E-state index in [-0.39, 0.29) is 0 Å². The van der Waals surface area contributed by atoms with E-state index < -0.39 is 11.7 Å². The molecule has 0 saturated heterocycles. The third-order valence-corrected chi connectivity index (χ3v) is 4.93. The fraction of sp³-hybridized carbons (Fsp3) is 0.263. The Morgan fingerprint density at radius 3 is 2.85 bits per heavy atom. The smallest absolute Gasteiger partial charge is 0.334 e. The summed E-state index contributed by atoms with van der Waals surface area (Å²) < 4.78 is 41.3. The molecular formula is C19H17F3N4S. The van der Waals surface area contributed by atoms with E-state index in [1.807, 2.05) is 16.7 Å². The Morgan fingerprint density at radius 1 is 1.19 bits per heavy atom. The molecule has 1 aliphatic rings. The summed E-state index contributed by atoms with van der Waals surface area (Å²) in [7, 11) is 0. The van der Waals surface area contributed by atoms with E-state index in [1.54, 1.807) is 18.5 Å². The van der Waals surface area contributed by atoms with Crippen molar-refractivity contribution in [1.29, 1.82) is 0 Å². The lowest BCUT2D eigenvalue weighted by Crippen LogP contribution is -2.31. The van der Waals surface area contributed by atoms with Crippen LogP contribution in [-0.4, -0.2) is 26.0 Å². The lowest BCUT2D eigenvalue weighted by atomic mass is 10.1. The summed E-state index contributed by atoms with van der Waals surface area (Å²) in [4.78, 5) is 9.52. The molecule has 8 heteroatoms. The van der Waals surface area contributed by atoms with Crippen molar-refractivity contribution in [1.82, 2.24) is 19.4 Å². The van der Waals surface area contributed by atoms with Gasteiger partial charge in [0.05, 0.1) is 5.56 Å². The molecule has 0 atom stereocenters. The third kappa shape index (κ3) is 3.81. The summed E-state index contributed by atoms with van der Waals surface area (Å²) in [5.41, 5.74) is 3.02. The predicted octanol–water partition coefficient (Wildman–Crippen LogP) is 4.51. The van der Waals surface area contributed by atoms with Gasteiger partial charge in [0, 0.05) is 61.1 Å². The molecule has 1 N–H and O–H groups in total. The molecule has 3 heterocycles. The van der Waals surface area contributed by atoms with Crippen LogP contribution in [0.5, 0.6) is 0 Å². The summed E-state index contributed by atoms with van der Waals surface area (Å²) in [6.45, 7) is 2.20. The number of benzene rings is 1. The van der Waals surface area contributed by atoms with Crippen molar-refractivity contribution in [2.75, 3.05) is 6.54 Å². The van der Waals surface area contributed by atoms with E-state index in [0.29, 0.717) is 17.0 Å². The molecule has 0 radical (unpaired) electrons. The molecule has 1 aromatic carbocycles. The standard InChI is InChI=1S/C19H17F3N4S/c20-19(21,22)14-3-1-4-15(9-14)26-7-2-5-16(26)12-25-8-6-17-13(11-25)10-23-18(27)24-17/h1-5,7,9-10H,6,8,11-12H2,(H,23,24,27). The van der Waals surface area contributed by atoms with E-state index in [9.17, 15) is 13.2 Å². The van der Waals surface area contributed by atoms with Crippen molar-refractivity contribution in [3.8, 4) is 5.69 Å². The van der Waals surface area contributed by atoms with Gasteiger partial charge in [-0.15, -0.1) is 0 Å². The number of hydrogen-bond donors (Lipinski definition) is 1. The Morgan fingerprint density at radius 2 is 2.04 bits per heavy atom. The minimum Gasteiger partial charge on any atom is -0.334 e. The third-order valence-electron chi connectivity index (χ3n) is 4.73. The van der Waals surface area contributed by atoms with E-state index in [1.165, 1.54) is 12.1 Å². The average molecular weight is 390 g/mol. The number of aromatic amines is 1. The molecule has 0 saturated carbocycles. The molecule has 3 aromatic rings.